The highest BCUT2D eigenvalue weighted by Gasteiger charge is 2.70. The molecule has 0 aromatic rings. The first-order valence-electron chi connectivity index (χ1n) is 6.03. The van der Waals surface area contributed by atoms with Crippen LogP contribution in [0, 0.1) is 0 Å². The van der Waals surface area contributed by atoms with Crippen molar-refractivity contribution in [1.29, 1.82) is 0 Å². The van der Waals surface area contributed by atoms with E-state index in [9.17, 15) is 34.1 Å². The normalized spacial score (nSPS) is 40.3. The molecule has 21 heavy (non-hydrogen) atoms. The number of aliphatic hydroxyl groups is 4. The number of hydrogen-bond donors (Lipinski definition) is 4. The number of ketones is 3. The van der Waals surface area contributed by atoms with Gasteiger partial charge in [0.25, 0.3) is 11.6 Å². The van der Waals surface area contributed by atoms with Crippen molar-refractivity contribution < 1.29 is 43.9 Å². The Morgan fingerprint density at radius 1 is 1.38 bits per heavy atom. The van der Waals surface area contributed by atoms with Gasteiger partial charge in [-0.05, 0) is 6.08 Å². The van der Waals surface area contributed by atoms with E-state index in [1.165, 1.54) is 0 Å². The minimum Gasteiger partial charge on any atom is -0.394 e. The summed E-state index contributed by atoms with van der Waals surface area (Å²) in [5.74, 6) is -10.3. The summed E-state index contributed by atoms with van der Waals surface area (Å²) in [6.45, 7) is -0.972. The van der Waals surface area contributed by atoms with Gasteiger partial charge in [0.1, 0.15) is 18.0 Å². The average molecular weight is 304 g/mol. The van der Waals surface area contributed by atoms with E-state index in [1.807, 2.05) is 0 Å². The lowest BCUT2D eigenvalue weighted by atomic mass is 9.88. The lowest BCUT2D eigenvalue weighted by Gasteiger charge is -2.30. The second-order valence-electron chi connectivity index (χ2n) is 4.96. The third-order valence-electron chi connectivity index (χ3n) is 3.41. The number of hydrogen-bond acceptors (Lipinski definition) is 8. The molecule has 4 N–H and O–H groups in total. The molecule has 4 atom stereocenters. The van der Waals surface area contributed by atoms with Crippen LogP contribution in [-0.2, 0) is 19.1 Å². The summed E-state index contributed by atoms with van der Waals surface area (Å²) in [5, 5.41) is 37.7. The third-order valence-corrected chi connectivity index (χ3v) is 3.41. The fourth-order valence-corrected chi connectivity index (χ4v) is 2.29. The largest absolute Gasteiger partial charge is 0.394 e. The average Bonchev–Trinajstić information content (AvgIpc) is 2.58. The van der Waals surface area contributed by atoms with Crippen molar-refractivity contribution in [3.05, 3.63) is 11.6 Å². The van der Waals surface area contributed by atoms with Gasteiger partial charge in [-0.15, -0.1) is 0 Å². The molecule has 2 rings (SSSR count). The number of ether oxygens (including phenoxy) is 1. The van der Waals surface area contributed by atoms with E-state index >= 15 is 0 Å². The molecule has 0 amide bonds. The Hall–Kier alpha value is -1.52. The number of allylic oxidation sites excluding steroid dienone is 1. The van der Waals surface area contributed by atoms with Gasteiger partial charge in [-0.1, -0.05) is 0 Å². The minimum atomic E-state index is -3.90. The standard InChI is InChI=1S/C12H13FO8/c13-11(19)10(18)8(4-14)21-12(11,20)9(17)5-1-6(15)3-7(16)2-5/h1,8,10,14,18-20H,2-4H2/t8-,10-,11+,12+/m1/s1. The molecule has 0 bridgehead atoms. The Morgan fingerprint density at radius 2 is 2.00 bits per heavy atom. The van der Waals surface area contributed by atoms with Gasteiger partial charge < -0.3 is 25.2 Å². The molecular formula is C12H13FO8. The highest BCUT2D eigenvalue weighted by atomic mass is 19.2. The van der Waals surface area contributed by atoms with Crippen molar-refractivity contribution in [1.82, 2.24) is 0 Å². The SMILES string of the molecule is O=C1C=C(C(=O)[C@]2(O)O[C@H](CO)[C@@H](O)[C@@]2(O)F)CC(=O)C1. The van der Waals surface area contributed by atoms with E-state index in [1.54, 1.807) is 0 Å². The second kappa shape index (κ2) is 5.04. The number of rotatable bonds is 3. The van der Waals surface area contributed by atoms with Gasteiger partial charge in [0.2, 0.25) is 5.78 Å². The van der Waals surface area contributed by atoms with Gasteiger partial charge in [0, 0.05) is 12.0 Å². The predicted molar refractivity (Wildman–Crippen MR) is 61.3 cm³/mol. The highest BCUT2D eigenvalue weighted by Crippen LogP contribution is 2.42. The quantitative estimate of drug-likeness (QED) is 0.420. The molecule has 0 unspecified atom stereocenters. The zero-order valence-corrected chi connectivity index (χ0v) is 10.7. The predicted octanol–water partition coefficient (Wildman–Crippen LogP) is -2.49. The minimum absolute atomic E-state index is 0.419. The van der Waals surface area contributed by atoms with Crippen LogP contribution in [0.5, 0.6) is 0 Å². The van der Waals surface area contributed by atoms with E-state index in [-0.39, 0.29) is 0 Å². The van der Waals surface area contributed by atoms with Crippen LogP contribution < -0.4 is 0 Å². The number of carbonyl (C=O) groups is 3. The lowest BCUT2D eigenvalue weighted by Crippen LogP contribution is -2.58. The van der Waals surface area contributed by atoms with E-state index in [4.69, 9.17) is 5.11 Å². The molecule has 0 radical (unpaired) electrons. The Bertz CT molecular complexity index is 539. The Labute approximate surface area is 117 Å². The van der Waals surface area contributed by atoms with Crippen LogP contribution in [0.25, 0.3) is 0 Å². The molecule has 1 aliphatic heterocycles. The molecule has 0 spiro atoms. The van der Waals surface area contributed by atoms with Crippen LogP contribution >= 0.6 is 0 Å². The zero-order chi connectivity index (χ0) is 16.0. The fraction of sp³-hybridized carbons (Fsp3) is 0.583. The van der Waals surface area contributed by atoms with E-state index in [0.717, 1.165) is 6.08 Å². The molecule has 0 aromatic carbocycles. The summed E-state index contributed by atoms with van der Waals surface area (Å²) >= 11 is 0. The van der Waals surface area contributed by atoms with Gasteiger partial charge in [0.15, 0.2) is 5.78 Å². The first kappa shape index (κ1) is 15.9. The Kier molecular flexibility index (Phi) is 3.80. The van der Waals surface area contributed by atoms with Crippen molar-refractivity contribution >= 4 is 17.3 Å². The third kappa shape index (κ3) is 2.32. The molecule has 1 heterocycles. The maximum Gasteiger partial charge on any atom is 0.298 e. The van der Waals surface area contributed by atoms with Crippen molar-refractivity contribution in [2.75, 3.05) is 6.61 Å². The molecule has 116 valence electrons. The van der Waals surface area contributed by atoms with Crippen molar-refractivity contribution in [2.45, 2.75) is 36.7 Å². The Morgan fingerprint density at radius 3 is 2.48 bits per heavy atom. The molecule has 9 heteroatoms. The monoisotopic (exact) mass is 304 g/mol. The summed E-state index contributed by atoms with van der Waals surface area (Å²) in [7, 11) is 0. The number of alkyl halides is 1. The molecule has 8 nitrogen and oxygen atoms in total. The fourth-order valence-electron chi connectivity index (χ4n) is 2.29. The van der Waals surface area contributed by atoms with Gasteiger partial charge in [-0.3, -0.25) is 14.4 Å². The maximum atomic E-state index is 14.1. The number of aliphatic hydroxyl groups excluding tert-OH is 2. The van der Waals surface area contributed by atoms with Crippen molar-refractivity contribution in [3.8, 4) is 0 Å². The maximum absolute atomic E-state index is 14.1. The first-order chi connectivity index (χ1) is 9.63. The number of halogens is 1. The molecule has 1 saturated heterocycles. The van der Waals surface area contributed by atoms with Crippen molar-refractivity contribution in [3.63, 3.8) is 0 Å². The summed E-state index contributed by atoms with van der Waals surface area (Å²) < 4.78 is 18.6. The lowest BCUT2D eigenvalue weighted by molar-refractivity contribution is -0.293. The number of Topliss-reactive ketones (excluding diaryl/α,β-unsaturated/α-hetero) is 2. The van der Waals surface area contributed by atoms with E-state index in [2.05, 4.69) is 4.74 Å². The summed E-state index contributed by atoms with van der Waals surface area (Å²) in [6.07, 6.45) is -4.33. The molecule has 2 aliphatic rings. The molecular weight excluding hydrogens is 291 g/mol. The summed E-state index contributed by atoms with van der Waals surface area (Å²) in [6, 6.07) is 0. The summed E-state index contributed by atoms with van der Waals surface area (Å²) in [4.78, 5) is 34.6. The van der Waals surface area contributed by atoms with Gasteiger partial charge in [-0.2, -0.15) is 0 Å². The summed E-state index contributed by atoms with van der Waals surface area (Å²) in [5.41, 5.74) is -0.541. The molecule has 0 saturated carbocycles. The first-order valence-corrected chi connectivity index (χ1v) is 6.03. The van der Waals surface area contributed by atoms with Crippen LogP contribution in [0.1, 0.15) is 12.8 Å². The molecule has 1 fully saturated rings. The van der Waals surface area contributed by atoms with Crippen LogP contribution in [0.3, 0.4) is 0 Å². The zero-order valence-electron chi connectivity index (χ0n) is 10.7. The van der Waals surface area contributed by atoms with Gasteiger partial charge in [0.05, 0.1) is 13.0 Å². The topological polar surface area (TPSA) is 141 Å². The molecule has 1 aliphatic carbocycles. The molecule has 0 aromatic heterocycles. The van der Waals surface area contributed by atoms with Gasteiger partial charge >= 0.3 is 0 Å². The van der Waals surface area contributed by atoms with Crippen LogP contribution in [-0.4, -0.2) is 68.2 Å². The van der Waals surface area contributed by atoms with Crippen LogP contribution in [0.2, 0.25) is 0 Å². The van der Waals surface area contributed by atoms with Crippen LogP contribution in [0.4, 0.5) is 4.39 Å². The Balaban J connectivity index is 2.38. The van der Waals surface area contributed by atoms with Crippen LogP contribution in [0.15, 0.2) is 11.6 Å². The smallest absolute Gasteiger partial charge is 0.298 e. The van der Waals surface area contributed by atoms with Gasteiger partial charge in [-0.25, -0.2) is 4.39 Å². The van der Waals surface area contributed by atoms with E-state index in [0.29, 0.717) is 0 Å². The number of carbonyl (C=O) groups excluding carboxylic acids is 3. The van der Waals surface area contributed by atoms with E-state index < -0.39 is 66.2 Å². The second-order valence-corrected chi connectivity index (χ2v) is 4.96. The van der Waals surface area contributed by atoms with Crippen molar-refractivity contribution in [2.24, 2.45) is 0 Å². The highest BCUT2D eigenvalue weighted by molar-refractivity contribution is 6.17.